The summed E-state index contributed by atoms with van der Waals surface area (Å²) in [6, 6.07) is 0. The fourth-order valence-electron chi connectivity index (χ4n) is 4.07. The minimum Gasteiger partial charge on any atom is -0.373 e. The van der Waals surface area contributed by atoms with E-state index in [1.807, 2.05) is 0 Å². The molecule has 0 aliphatic heterocycles. The summed E-state index contributed by atoms with van der Waals surface area (Å²) in [4.78, 5) is 0. The highest BCUT2D eigenvalue weighted by Crippen LogP contribution is 2.26. The van der Waals surface area contributed by atoms with Gasteiger partial charge in [-0.15, -0.1) is 0 Å². The van der Waals surface area contributed by atoms with Gasteiger partial charge in [-0.25, -0.2) is 0 Å². The number of hydrogen-bond acceptors (Lipinski definition) is 2. The van der Waals surface area contributed by atoms with Crippen LogP contribution < -0.4 is 5.32 Å². The lowest BCUT2D eigenvalue weighted by Gasteiger charge is -2.17. The van der Waals surface area contributed by atoms with Gasteiger partial charge < -0.3 is 10.1 Å². The smallest absolute Gasteiger partial charge is 0.0787 e. The molecular weight excluding hydrogens is 318 g/mol. The Morgan fingerprint density at radius 3 is 2.15 bits per heavy atom. The van der Waals surface area contributed by atoms with Crippen LogP contribution >= 0.6 is 0 Å². The second-order valence-corrected chi connectivity index (χ2v) is 9.53. The van der Waals surface area contributed by atoms with Crippen molar-refractivity contribution in [3.05, 3.63) is 11.6 Å². The van der Waals surface area contributed by atoms with Crippen molar-refractivity contribution in [3.63, 3.8) is 0 Å². The van der Waals surface area contributed by atoms with Crippen molar-refractivity contribution in [2.45, 2.75) is 99.0 Å². The molecule has 1 rings (SSSR count). The molecule has 1 aliphatic rings. The molecular formula is C24H47NO. The van der Waals surface area contributed by atoms with Gasteiger partial charge in [0.1, 0.15) is 0 Å². The summed E-state index contributed by atoms with van der Waals surface area (Å²) >= 11 is 0. The maximum absolute atomic E-state index is 5.99. The number of allylic oxidation sites excluding steroid dienone is 1. The molecule has 1 aliphatic carbocycles. The van der Waals surface area contributed by atoms with E-state index in [1.165, 1.54) is 56.9 Å². The van der Waals surface area contributed by atoms with Crippen LogP contribution in [0.5, 0.6) is 0 Å². The highest BCUT2D eigenvalue weighted by Gasteiger charge is 2.21. The molecule has 0 saturated heterocycles. The van der Waals surface area contributed by atoms with E-state index < -0.39 is 0 Å². The SMILES string of the molecule is CC1=CC(OCCNCCC(C)CCCC(C)CCCC(C)C)C(C)C1. The number of hydrogen-bond donors (Lipinski definition) is 1. The summed E-state index contributed by atoms with van der Waals surface area (Å²) < 4.78 is 5.99. The van der Waals surface area contributed by atoms with E-state index in [4.69, 9.17) is 4.74 Å². The Balaban J connectivity index is 1.91. The van der Waals surface area contributed by atoms with Gasteiger partial charge in [-0.1, -0.05) is 84.8 Å². The molecule has 26 heavy (non-hydrogen) atoms. The van der Waals surface area contributed by atoms with E-state index in [-0.39, 0.29) is 0 Å². The molecule has 0 aromatic rings. The molecule has 0 radical (unpaired) electrons. The van der Waals surface area contributed by atoms with E-state index in [0.29, 0.717) is 12.0 Å². The molecule has 0 amide bonds. The Morgan fingerprint density at radius 1 is 0.962 bits per heavy atom. The standard InChI is InChI=1S/C24H47NO/c1-19(2)9-7-10-20(3)11-8-12-21(4)13-14-25-15-16-26-24-18-22(5)17-23(24)6/h18-21,23-25H,7-17H2,1-6H3. The van der Waals surface area contributed by atoms with Crippen molar-refractivity contribution in [1.82, 2.24) is 5.32 Å². The second kappa shape index (κ2) is 13.8. The van der Waals surface area contributed by atoms with Crippen LogP contribution in [-0.2, 0) is 4.74 Å². The monoisotopic (exact) mass is 365 g/mol. The molecule has 0 aromatic heterocycles. The third kappa shape index (κ3) is 11.4. The third-order valence-corrected chi connectivity index (χ3v) is 5.93. The van der Waals surface area contributed by atoms with E-state index in [0.717, 1.165) is 37.5 Å². The van der Waals surface area contributed by atoms with Crippen LogP contribution in [0, 0.1) is 23.7 Å². The molecule has 0 heterocycles. The van der Waals surface area contributed by atoms with Gasteiger partial charge in [0.2, 0.25) is 0 Å². The maximum atomic E-state index is 5.99. The first-order valence-electron chi connectivity index (χ1n) is 11.4. The molecule has 1 N–H and O–H groups in total. The molecule has 0 saturated carbocycles. The molecule has 154 valence electrons. The first kappa shape index (κ1) is 23.7. The zero-order chi connectivity index (χ0) is 19.4. The van der Waals surface area contributed by atoms with Gasteiger partial charge in [0.05, 0.1) is 12.7 Å². The van der Waals surface area contributed by atoms with Crippen LogP contribution in [0.3, 0.4) is 0 Å². The van der Waals surface area contributed by atoms with Gasteiger partial charge in [-0.3, -0.25) is 0 Å². The lowest BCUT2D eigenvalue weighted by molar-refractivity contribution is 0.0593. The van der Waals surface area contributed by atoms with Crippen LogP contribution in [0.15, 0.2) is 11.6 Å². The Bertz CT molecular complexity index is 376. The van der Waals surface area contributed by atoms with Crippen molar-refractivity contribution in [3.8, 4) is 0 Å². The van der Waals surface area contributed by atoms with Gasteiger partial charge in [0.15, 0.2) is 0 Å². The van der Waals surface area contributed by atoms with Gasteiger partial charge in [-0.05, 0) is 50.0 Å². The van der Waals surface area contributed by atoms with Gasteiger partial charge in [0.25, 0.3) is 0 Å². The van der Waals surface area contributed by atoms with Crippen molar-refractivity contribution >= 4 is 0 Å². The minimum absolute atomic E-state index is 0.346. The summed E-state index contributed by atoms with van der Waals surface area (Å²) in [6.45, 7) is 17.0. The topological polar surface area (TPSA) is 21.3 Å². The molecule has 4 atom stereocenters. The summed E-state index contributed by atoms with van der Waals surface area (Å²) in [7, 11) is 0. The average Bonchev–Trinajstić information content (AvgIpc) is 2.88. The van der Waals surface area contributed by atoms with Crippen LogP contribution in [0.25, 0.3) is 0 Å². The lowest BCUT2D eigenvalue weighted by atomic mass is 9.92. The molecule has 0 fully saturated rings. The Morgan fingerprint density at radius 2 is 1.58 bits per heavy atom. The van der Waals surface area contributed by atoms with Crippen molar-refractivity contribution in [2.24, 2.45) is 23.7 Å². The zero-order valence-corrected chi connectivity index (χ0v) is 18.7. The van der Waals surface area contributed by atoms with Gasteiger partial charge >= 0.3 is 0 Å². The van der Waals surface area contributed by atoms with E-state index in [9.17, 15) is 0 Å². The maximum Gasteiger partial charge on any atom is 0.0787 e. The summed E-state index contributed by atoms with van der Waals surface area (Å²) in [5.41, 5.74) is 1.48. The fourth-order valence-corrected chi connectivity index (χ4v) is 4.07. The quantitative estimate of drug-likeness (QED) is 0.260. The summed E-state index contributed by atoms with van der Waals surface area (Å²) in [5.74, 6) is 3.27. The predicted molar refractivity (Wildman–Crippen MR) is 116 cm³/mol. The number of nitrogens with one attached hydrogen (secondary N) is 1. The molecule has 0 spiro atoms. The zero-order valence-electron chi connectivity index (χ0n) is 18.7. The van der Waals surface area contributed by atoms with Crippen LogP contribution in [0.1, 0.15) is 92.9 Å². The van der Waals surface area contributed by atoms with Crippen molar-refractivity contribution < 1.29 is 4.74 Å². The number of rotatable bonds is 15. The number of ether oxygens (including phenoxy) is 1. The summed E-state index contributed by atoms with van der Waals surface area (Å²) in [6.07, 6.45) is 13.6. The normalized spacial score (nSPS) is 22.7. The van der Waals surface area contributed by atoms with Crippen LogP contribution in [0.4, 0.5) is 0 Å². The highest BCUT2D eigenvalue weighted by atomic mass is 16.5. The molecule has 0 aromatic carbocycles. The van der Waals surface area contributed by atoms with Crippen molar-refractivity contribution in [1.29, 1.82) is 0 Å². The lowest BCUT2D eigenvalue weighted by Crippen LogP contribution is -2.25. The van der Waals surface area contributed by atoms with Gasteiger partial charge in [0, 0.05) is 6.54 Å². The largest absolute Gasteiger partial charge is 0.373 e. The summed E-state index contributed by atoms with van der Waals surface area (Å²) in [5, 5.41) is 3.56. The third-order valence-electron chi connectivity index (χ3n) is 5.93. The fraction of sp³-hybridized carbons (Fsp3) is 0.917. The predicted octanol–water partition coefficient (Wildman–Crippen LogP) is 6.61. The minimum atomic E-state index is 0.346. The Labute approximate surface area is 164 Å². The first-order valence-corrected chi connectivity index (χ1v) is 11.4. The van der Waals surface area contributed by atoms with E-state index in [1.54, 1.807) is 0 Å². The Kier molecular flexibility index (Phi) is 12.6. The van der Waals surface area contributed by atoms with Crippen LogP contribution in [0.2, 0.25) is 0 Å². The van der Waals surface area contributed by atoms with Crippen LogP contribution in [-0.4, -0.2) is 25.8 Å². The first-order chi connectivity index (χ1) is 12.4. The molecule has 4 unspecified atom stereocenters. The van der Waals surface area contributed by atoms with E-state index >= 15 is 0 Å². The average molecular weight is 366 g/mol. The molecule has 2 nitrogen and oxygen atoms in total. The second-order valence-electron chi connectivity index (χ2n) is 9.53. The Hall–Kier alpha value is -0.340. The molecule has 0 bridgehead atoms. The highest BCUT2D eigenvalue weighted by molar-refractivity contribution is 5.11. The van der Waals surface area contributed by atoms with Crippen molar-refractivity contribution in [2.75, 3.05) is 19.7 Å². The molecule has 2 heteroatoms. The van der Waals surface area contributed by atoms with E-state index in [2.05, 4.69) is 52.9 Å². The van der Waals surface area contributed by atoms with Gasteiger partial charge in [-0.2, -0.15) is 0 Å².